The number of hydrogen-bond acceptors (Lipinski definition) is 3. The highest BCUT2D eigenvalue weighted by atomic mass is 35.5. The standard InChI is InChI=1S/C22H26ClF2NO3/c23-18-2-1-10-26-16(12-15-4-11-29-14-15)13-17(20(18)26)19(27)3-5-21(28)6-8-22(24,25)9-7-21/h1-2,10,13,15,28H,3-9,11-12,14H2/t15-/m0/s1. The van der Waals surface area contributed by atoms with Crippen molar-refractivity contribution in [2.24, 2.45) is 5.92 Å². The number of carbonyl (C=O) groups is 1. The smallest absolute Gasteiger partial charge is 0.248 e. The average molecular weight is 426 g/mol. The minimum atomic E-state index is -2.71. The van der Waals surface area contributed by atoms with E-state index < -0.39 is 11.5 Å². The number of pyridine rings is 1. The Morgan fingerprint density at radius 2 is 2.07 bits per heavy atom. The third-order valence-electron chi connectivity index (χ3n) is 6.37. The van der Waals surface area contributed by atoms with E-state index in [4.69, 9.17) is 16.3 Å². The van der Waals surface area contributed by atoms with E-state index in [1.54, 1.807) is 6.07 Å². The van der Waals surface area contributed by atoms with Crippen LogP contribution >= 0.6 is 11.6 Å². The van der Waals surface area contributed by atoms with Gasteiger partial charge in [0.05, 0.1) is 16.1 Å². The fourth-order valence-corrected chi connectivity index (χ4v) is 4.77. The number of alkyl halides is 2. The zero-order valence-electron chi connectivity index (χ0n) is 16.3. The van der Waals surface area contributed by atoms with Crippen LogP contribution in [0.25, 0.3) is 5.52 Å². The van der Waals surface area contributed by atoms with Gasteiger partial charge in [-0.25, -0.2) is 8.78 Å². The molecule has 1 N–H and O–H groups in total. The van der Waals surface area contributed by atoms with E-state index in [0.29, 0.717) is 22.0 Å². The summed E-state index contributed by atoms with van der Waals surface area (Å²) < 4.78 is 34.2. The van der Waals surface area contributed by atoms with Crippen LogP contribution in [-0.4, -0.2) is 40.0 Å². The summed E-state index contributed by atoms with van der Waals surface area (Å²) in [6.45, 7) is 1.48. The zero-order valence-corrected chi connectivity index (χ0v) is 17.1. The van der Waals surface area contributed by atoms with E-state index >= 15 is 0 Å². The first-order valence-electron chi connectivity index (χ1n) is 10.3. The van der Waals surface area contributed by atoms with Crippen LogP contribution in [0.15, 0.2) is 24.4 Å². The molecule has 158 valence electrons. The van der Waals surface area contributed by atoms with Gasteiger partial charge in [-0.3, -0.25) is 4.79 Å². The van der Waals surface area contributed by atoms with Gasteiger partial charge in [0.1, 0.15) is 0 Å². The SMILES string of the molecule is O=C(CCC1(O)CCC(F)(F)CC1)c1cc(C[C@@H]2CCOC2)n2cccc(Cl)c12. The molecule has 1 saturated carbocycles. The van der Waals surface area contributed by atoms with Crippen LogP contribution < -0.4 is 0 Å². The molecule has 0 amide bonds. The maximum atomic E-state index is 13.4. The molecular weight excluding hydrogens is 400 g/mol. The number of aliphatic hydroxyl groups is 1. The van der Waals surface area contributed by atoms with E-state index in [1.165, 1.54) is 0 Å². The summed E-state index contributed by atoms with van der Waals surface area (Å²) in [6.07, 6.45) is 3.39. The highest BCUT2D eigenvalue weighted by molar-refractivity contribution is 6.35. The van der Waals surface area contributed by atoms with Crippen molar-refractivity contribution in [2.45, 2.75) is 62.9 Å². The first-order chi connectivity index (χ1) is 13.8. The number of ether oxygens (including phenoxy) is 1. The van der Waals surface area contributed by atoms with Crippen LogP contribution in [0.1, 0.15) is 61.0 Å². The predicted molar refractivity (Wildman–Crippen MR) is 107 cm³/mol. The third kappa shape index (κ3) is 4.49. The third-order valence-corrected chi connectivity index (χ3v) is 6.68. The summed E-state index contributed by atoms with van der Waals surface area (Å²) >= 11 is 6.41. The second kappa shape index (κ2) is 7.97. The molecule has 0 unspecified atom stereocenters. The number of carbonyl (C=O) groups excluding carboxylic acids is 1. The lowest BCUT2D eigenvalue weighted by Crippen LogP contribution is -2.38. The Morgan fingerprint density at radius 1 is 1.31 bits per heavy atom. The van der Waals surface area contributed by atoms with Crippen molar-refractivity contribution < 1.29 is 23.4 Å². The van der Waals surface area contributed by atoms with Gasteiger partial charge in [-0.2, -0.15) is 0 Å². The van der Waals surface area contributed by atoms with Gasteiger partial charge in [-0.15, -0.1) is 0 Å². The molecule has 0 bridgehead atoms. The van der Waals surface area contributed by atoms with Crippen molar-refractivity contribution in [1.29, 1.82) is 0 Å². The summed E-state index contributed by atoms with van der Waals surface area (Å²) in [4.78, 5) is 13.0. The Balaban J connectivity index is 1.52. The number of aromatic nitrogens is 1. The van der Waals surface area contributed by atoms with Gasteiger partial charge >= 0.3 is 0 Å². The molecule has 0 aromatic carbocycles. The number of hydrogen-bond donors (Lipinski definition) is 1. The summed E-state index contributed by atoms with van der Waals surface area (Å²) in [7, 11) is 0. The van der Waals surface area contributed by atoms with Crippen molar-refractivity contribution in [3.8, 4) is 0 Å². The summed E-state index contributed by atoms with van der Waals surface area (Å²) in [5, 5.41) is 11.1. The minimum absolute atomic E-state index is 0.0253. The Bertz CT molecular complexity index is 895. The van der Waals surface area contributed by atoms with Crippen LogP contribution in [0.4, 0.5) is 8.78 Å². The van der Waals surface area contributed by atoms with E-state index in [9.17, 15) is 18.7 Å². The second-order valence-corrected chi connectivity index (χ2v) is 8.97. The molecule has 0 radical (unpaired) electrons. The molecule has 2 aromatic heterocycles. The van der Waals surface area contributed by atoms with Crippen molar-refractivity contribution in [2.75, 3.05) is 13.2 Å². The molecule has 2 aliphatic rings. The van der Waals surface area contributed by atoms with Crippen LogP contribution in [0.2, 0.25) is 5.02 Å². The minimum Gasteiger partial charge on any atom is -0.390 e. The first kappa shape index (κ1) is 20.8. The van der Waals surface area contributed by atoms with Crippen molar-refractivity contribution in [3.05, 3.63) is 40.7 Å². The monoisotopic (exact) mass is 425 g/mol. The molecule has 0 spiro atoms. The fraction of sp³-hybridized carbons (Fsp3) is 0.591. The molecule has 4 rings (SSSR count). The molecule has 1 atom stereocenters. The normalized spacial score (nSPS) is 23.5. The van der Waals surface area contributed by atoms with Gasteiger partial charge in [0, 0.05) is 49.9 Å². The van der Waals surface area contributed by atoms with Gasteiger partial charge in [0.15, 0.2) is 5.78 Å². The number of halogens is 3. The van der Waals surface area contributed by atoms with Gasteiger partial charge in [0.2, 0.25) is 5.92 Å². The topological polar surface area (TPSA) is 50.9 Å². The van der Waals surface area contributed by atoms with E-state index in [1.807, 2.05) is 22.7 Å². The second-order valence-electron chi connectivity index (χ2n) is 8.56. The highest BCUT2D eigenvalue weighted by Gasteiger charge is 2.42. The molecule has 3 heterocycles. The largest absolute Gasteiger partial charge is 0.390 e. The van der Waals surface area contributed by atoms with Crippen molar-refractivity contribution >= 4 is 22.9 Å². The average Bonchev–Trinajstić information content (AvgIpc) is 3.32. The lowest BCUT2D eigenvalue weighted by atomic mass is 9.79. The molecule has 1 aliphatic carbocycles. The lowest BCUT2D eigenvalue weighted by Gasteiger charge is -2.35. The number of nitrogens with zero attached hydrogens (tertiary/aromatic N) is 1. The van der Waals surface area contributed by atoms with Crippen LogP contribution in [0.3, 0.4) is 0 Å². The first-order valence-corrected chi connectivity index (χ1v) is 10.6. The van der Waals surface area contributed by atoms with E-state index in [-0.39, 0.29) is 44.3 Å². The molecule has 1 saturated heterocycles. The molecular formula is C22H26ClF2NO3. The Labute approximate surface area is 173 Å². The molecule has 2 aromatic rings. The van der Waals surface area contributed by atoms with Crippen LogP contribution in [-0.2, 0) is 11.2 Å². The number of fused-ring (bicyclic) bond motifs is 1. The zero-order chi connectivity index (χ0) is 20.6. The molecule has 4 nitrogen and oxygen atoms in total. The van der Waals surface area contributed by atoms with Gasteiger partial charge < -0.3 is 14.2 Å². The Hall–Kier alpha value is -1.50. The number of ketones is 1. The fourth-order valence-electron chi connectivity index (χ4n) is 4.51. The van der Waals surface area contributed by atoms with Gasteiger partial charge in [0.25, 0.3) is 0 Å². The number of Topliss-reactive ketones (excluding diaryl/α,β-unsaturated/α-hetero) is 1. The number of rotatable bonds is 6. The lowest BCUT2D eigenvalue weighted by molar-refractivity contribution is -0.105. The summed E-state index contributed by atoms with van der Waals surface area (Å²) in [5.74, 6) is -2.41. The summed E-state index contributed by atoms with van der Waals surface area (Å²) in [5.41, 5.74) is 1.03. The quantitative estimate of drug-likeness (QED) is 0.657. The van der Waals surface area contributed by atoms with Crippen molar-refractivity contribution in [1.82, 2.24) is 4.40 Å². The predicted octanol–water partition coefficient (Wildman–Crippen LogP) is 5.08. The van der Waals surface area contributed by atoms with Crippen LogP contribution in [0.5, 0.6) is 0 Å². The molecule has 2 fully saturated rings. The highest BCUT2D eigenvalue weighted by Crippen LogP contribution is 2.41. The van der Waals surface area contributed by atoms with E-state index in [2.05, 4.69) is 0 Å². The van der Waals surface area contributed by atoms with Gasteiger partial charge in [-0.1, -0.05) is 11.6 Å². The maximum absolute atomic E-state index is 13.4. The van der Waals surface area contributed by atoms with Gasteiger partial charge in [-0.05, 0) is 56.2 Å². The molecule has 1 aliphatic heterocycles. The maximum Gasteiger partial charge on any atom is 0.248 e. The van der Waals surface area contributed by atoms with Crippen LogP contribution in [0, 0.1) is 5.92 Å². The van der Waals surface area contributed by atoms with Crippen molar-refractivity contribution in [3.63, 3.8) is 0 Å². The Kier molecular flexibility index (Phi) is 5.70. The summed E-state index contributed by atoms with van der Waals surface area (Å²) in [6, 6.07) is 5.50. The molecule has 29 heavy (non-hydrogen) atoms. The molecule has 7 heteroatoms. The Morgan fingerprint density at radius 3 is 2.76 bits per heavy atom. The van der Waals surface area contributed by atoms with E-state index in [0.717, 1.165) is 31.7 Å².